The smallest absolute Gasteiger partial charge is 0.307 e. The Morgan fingerprint density at radius 2 is 2.12 bits per heavy atom. The van der Waals surface area contributed by atoms with Gasteiger partial charge in [-0.3, -0.25) is 4.79 Å². The molecule has 0 aliphatic heterocycles. The van der Waals surface area contributed by atoms with Gasteiger partial charge in [-0.1, -0.05) is 35.4 Å². The molecule has 1 rings (SSSR count). The molecule has 0 bridgehead atoms. The predicted molar refractivity (Wildman–Crippen MR) is 63.3 cm³/mol. The van der Waals surface area contributed by atoms with Crippen molar-refractivity contribution >= 4 is 29.2 Å². The molecule has 1 aromatic rings. The highest BCUT2D eigenvalue weighted by atomic mass is 35.5. The van der Waals surface area contributed by atoms with E-state index in [2.05, 4.69) is 0 Å². The molecule has 1 aromatic carbocycles. The molecule has 0 unspecified atom stereocenters. The highest BCUT2D eigenvalue weighted by Crippen LogP contribution is 2.27. The van der Waals surface area contributed by atoms with Gasteiger partial charge in [0.15, 0.2) is 0 Å². The second kappa shape index (κ2) is 6.40. The summed E-state index contributed by atoms with van der Waals surface area (Å²) in [5, 5.41) is 9.38. The van der Waals surface area contributed by atoms with Gasteiger partial charge in [0.2, 0.25) is 0 Å². The number of hydrogen-bond donors (Lipinski definition) is 1. The molecule has 3 nitrogen and oxygen atoms in total. The molecular formula is C11H10Cl2O3. The van der Waals surface area contributed by atoms with Gasteiger partial charge in [-0.05, 0) is 12.1 Å². The van der Waals surface area contributed by atoms with Crippen molar-refractivity contribution in [3.63, 3.8) is 0 Å². The fourth-order valence-electron chi connectivity index (χ4n) is 0.978. The maximum absolute atomic E-state index is 10.2. The number of carboxylic acid groups (broad SMARTS) is 1. The van der Waals surface area contributed by atoms with Crippen molar-refractivity contribution in [1.29, 1.82) is 0 Å². The molecule has 0 heterocycles. The van der Waals surface area contributed by atoms with E-state index in [4.69, 9.17) is 33.0 Å². The minimum Gasteiger partial charge on any atom is -0.488 e. The van der Waals surface area contributed by atoms with E-state index >= 15 is 0 Å². The van der Waals surface area contributed by atoms with Gasteiger partial charge < -0.3 is 9.84 Å². The molecule has 0 radical (unpaired) electrons. The Morgan fingerprint density at radius 3 is 2.81 bits per heavy atom. The van der Waals surface area contributed by atoms with Crippen LogP contribution in [0.2, 0.25) is 10.0 Å². The number of carbonyl (C=O) groups is 1. The maximum atomic E-state index is 10.2. The lowest BCUT2D eigenvalue weighted by Gasteiger charge is -2.05. The van der Waals surface area contributed by atoms with Crippen LogP contribution in [0.5, 0.6) is 5.75 Å². The van der Waals surface area contributed by atoms with Gasteiger partial charge >= 0.3 is 5.97 Å². The van der Waals surface area contributed by atoms with Gasteiger partial charge in [-0.15, -0.1) is 0 Å². The number of aliphatic carboxylic acids is 1. The molecule has 0 spiro atoms. The monoisotopic (exact) mass is 260 g/mol. The minimum absolute atomic E-state index is 0.0212. The lowest BCUT2D eigenvalue weighted by atomic mass is 10.3. The standard InChI is InChI=1S/C11H10Cl2O3/c12-8-4-5-9(13)10(7-8)16-6-2-1-3-11(14)15/h1-2,4-5,7H,3,6H2,(H,14,15)/b2-1+. The average molecular weight is 261 g/mol. The van der Waals surface area contributed by atoms with Gasteiger partial charge in [-0.25, -0.2) is 0 Å². The van der Waals surface area contributed by atoms with Crippen LogP contribution in [0.3, 0.4) is 0 Å². The van der Waals surface area contributed by atoms with Gasteiger partial charge in [0, 0.05) is 11.1 Å². The van der Waals surface area contributed by atoms with Crippen LogP contribution < -0.4 is 4.74 Å². The summed E-state index contributed by atoms with van der Waals surface area (Å²) in [6.07, 6.45) is 3.11. The fourth-order valence-corrected chi connectivity index (χ4v) is 1.31. The zero-order valence-corrected chi connectivity index (χ0v) is 9.83. The molecule has 0 amide bonds. The normalized spacial score (nSPS) is 10.6. The molecule has 0 saturated heterocycles. The summed E-state index contributed by atoms with van der Waals surface area (Å²) in [5.74, 6) is -0.397. The van der Waals surface area contributed by atoms with E-state index in [-0.39, 0.29) is 13.0 Å². The van der Waals surface area contributed by atoms with E-state index in [1.165, 1.54) is 6.08 Å². The summed E-state index contributed by atoms with van der Waals surface area (Å²) in [5.41, 5.74) is 0. The van der Waals surface area contributed by atoms with Gasteiger partial charge in [0.05, 0.1) is 11.4 Å². The average Bonchev–Trinajstić information content (AvgIpc) is 2.22. The minimum atomic E-state index is -0.878. The topological polar surface area (TPSA) is 46.5 Å². The summed E-state index contributed by atoms with van der Waals surface area (Å²) in [7, 11) is 0. The van der Waals surface area contributed by atoms with Crippen LogP contribution in [0.15, 0.2) is 30.4 Å². The molecule has 0 aliphatic rings. The van der Waals surface area contributed by atoms with Crippen molar-refractivity contribution in [2.45, 2.75) is 6.42 Å². The summed E-state index contributed by atoms with van der Waals surface area (Å²) in [4.78, 5) is 10.2. The fraction of sp³-hybridized carbons (Fsp3) is 0.182. The molecule has 86 valence electrons. The zero-order chi connectivity index (χ0) is 12.0. The van der Waals surface area contributed by atoms with E-state index in [9.17, 15) is 4.79 Å². The molecule has 16 heavy (non-hydrogen) atoms. The van der Waals surface area contributed by atoms with Crippen LogP contribution in [-0.2, 0) is 4.79 Å². The van der Waals surface area contributed by atoms with E-state index in [1.807, 2.05) is 0 Å². The van der Waals surface area contributed by atoms with Crippen molar-refractivity contribution in [3.8, 4) is 5.75 Å². The van der Waals surface area contributed by atoms with E-state index < -0.39 is 5.97 Å². The molecule has 5 heteroatoms. The second-order valence-corrected chi connectivity index (χ2v) is 3.80. The Morgan fingerprint density at radius 1 is 1.38 bits per heavy atom. The highest BCUT2D eigenvalue weighted by Gasteiger charge is 2.00. The summed E-state index contributed by atoms with van der Waals surface area (Å²) >= 11 is 11.6. The zero-order valence-electron chi connectivity index (χ0n) is 8.32. The molecular weight excluding hydrogens is 251 g/mol. The van der Waals surface area contributed by atoms with Crippen molar-refractivity contribution in [2.75, 3.05) is 6.61 Å². The van der Waals surface area contributed by atoms with Crippen molar-refractivity contribution < 1.29 is 14.6 Å². The van der Waals surface area contributed by atoms with Crippen LogP contribution in [0.25, 0.3) is 0 Å². The number of hydrogen-bond acceptors (Lipinski definition) is 2. The molecule has 0 saturated carbocycles. The third-order valence-corrected chi connectivity index (χ3v) is 2.23. The first-order valence-corrected chi connectivity index (χ1v) is 5.30. The Hall–Kier alpha value is -1.19. The largest absolute Gasteiger partial charge is 0.488 e. The Bertz CT molecular complexity index is 402. The van der Waals surface area contributed by atoms with Crippen molar-refractivity contribution in [3.05, 3.63) is 40.4 Å². The van der Waals surface area contributed by atoms with E-state index in [0.717, 1.165) is 0 Å². The van der Waals surface area contributed by atoms with Crippen LogP contribution in [0.4, 0.5) is 0 Å². The molecule has 1 N–H and O–H groups in total. The van der Waals surface area contributed by atoms with Gasteiger partial charge in [0.1, 0.15) is 12.4 Å². The lowest BCUT2D eigenvalue weighted by molar-refractivity contribution is -0.136. The van der Waals surface area contributed by atoms with Crippen molar-refractivity contribution in [1.82, 2.24) is 0 Å². The summed E-state index contributed by atoms with van der Waals surface area (Å²) in [6, 6.07) is 4.91. The first kappa shape index (κ1) is 12.9. The third kappa shape index (κ3) is 4.55. The first-order valence-electron chi connectivity index (χ1n) is 4.54. The predicted octanol–water partition coefficient (Wildman–Crippen LogP) is 3.40. The third-order valence-electron chi connectivity index (χ3n) is 1.69. The van der Waals surface area contributed by atoms with Crippen LogP contribution in [0, 0.1) is 0 Å². The molecule has 0 aliphatic carbocycles. The van der Waals surface area contributed by atoms with Crippen molar-refractivity contribution in [2.24, 2.45) is 0 Å². The Kier molecular flexibility index (Phi) is 5.15. The number of ether oxygens (including phenoxy) is 1. The summed E-state index contributed by atoms with van der Waals surface area (Å²) in [6.45, 7) is 0.257. The number of carboxylic acids is 1. The van der Waals surface area contributed by atoms with Gasteiger partial charge in [-0.2, -0.15) is 0 Å². The van der Waals surface area contributed by atoms with Gasteiger partial charge in [0.25, 0.3) is 0 Å². The molecule has 0 fully saturated rings. The molecule has 0 aromatic heterocycles. The number of benzene rings is 1. The van der Waals surface area contributed by atoms with E-state index in [0.29, 0.717) is 15.8 Å². The van der Waals surface area contributed by atoms with Crippen LogP contribution in [-0.4, -0.2) is 17.7 Å². The quantitative estimate of drug-likeness (QED) is 0.826. The first-order chi connectivity index (χ1) is 7.59. The SMILES string of the molecule is O=C(O)C/C=C/COc1cc(Cl)ccc1Cl. The number of halogens is 2. The maximum Gasteiger partial charge on any atom is 0.307 e. The lowest BCUT2D eigenvalue weighted by Crippen LogP contribution is -1.95. The van der Waals surface area contributed by atoms with E-state index in [1.54, 1.807) is 24.3 Å². The highest BCUT2D eigenvalue weighted by molar-refractivity contribution is 6.34. The molecule has 0 atom stereocenters. The van der Waals surface area contributed by atoms with Crippen LogP contribution in [0.1, 0.15) is 6.42 Å². The van der Waals surface area contributed by atoms with Crippen LogP contribution >= 0.6 is 23.2 Å². The Balaban J connectivity index is 2.45. The summed E-state index contributed by atoms with van der Waals surface area (Å²) < 4.78 is 5.30. The number of rotatable bonds is 5. The Labute approximate surface area is 103 Å². The second-order valence-electron chi connectivity index (χ2n) is 2.96.